The monoisotopic (exact) mass is 337 g/mol. The molecule has 0 aliphatic carbocycles. The number of benzene rings is 2. The molecule has 0 heterocycles. The quantitative estimate of drug-likeness (QED) is 0.801. The van der Waals surface area contributed by atoms with Gasteiger partial charge in [-0.25, -0.2) is 0 Å². The Morgan fingerprint density at radius 2 is 1.73 bits per heavy atom. The Labute approximate surface area is 137 Å². The number of hydrogen-bond donors (Lipinski definition) is 3. The molecule has 7 heteroatoms. The summed E-state index contributed by atoms with van der Waals surface area (Å²) in [5.41, 5.74) is 6.41. The van der Waals surface area contributed by atoms with Gasteiger partial charge < -0.3 is 16.4 Å². The first kappa shape index (κ1) is 16.3. The number of anilines is 2. The van der Waals surface area contributed by atoms with Gasteiger partial charge in [-0.1, -0.05) is 35.3 Å². The maximum absolute atomic E-state index is 12.2. The van der Waals surface area contributed by atoms with Gasteiger partial charge >= 0.3 is 0 Å². The molecule has 4 N–H and O–H groups in total. The summed E-state index contributed by atoms with van der Waals surface area (Å²) in [5.74, 6) is -0.736. The lowest BCUT2D eigenvalue weighted by Crippen LogP contribution is -2.22. The SMILES string of the molecule is NCC(=O)Nc1ccc(Cl)c(NC(=O)c2ccccc2Cl)c1. The summed E-state index contributed by atoms with van der Waals surface area (Å²) in [5, 5.41) is 5.92. The van der Waals surface area contributed by atoms with Crippen molar-refractivity contribution in [2.45, 2.75) is 0 Å². The molecule has 0 aliphatic heterocycles. The molecule has 22 heavy (non-hydrogen) atoms. The molecule has 0 fully saturated rings. The number of amides is 2. The lowest BCUT2D eigenvalue weighted by molar-refractivity contribution is -0.114. The second-order valence-corrected chi connectivity index (χ2v) is 5.20. The molecule has 0 saturated heterocycles. The lowest BCUT2D eigenvalue weighted by atomic mass is 10.2. The highest BCUT2D eigenvalue weighted by Gasteiger charge is 2.12. The molecule has 2 amide bonds. The summed E-state index contributed by atoms with van der Waals surface area (Å²) in [6.07, 6.45) is 0. The van der Waals surface area contributed by atoms with Gasteiger partial charge in [0.1, 0.15) is 0 Å². The van der Waals surface area contributed by atoms with E-state index in [1.165, 1.54) is 0 Å². The van der Waals surface area contributed by atoms with Crippen molar-refractivity contribution in [3.8, 4) is 0 Å². The molecule has 2 rings (SSSR count). The van der Waals surface area contributed by atoms with Crippen LogP contribution in [0, 0.1) is 0 Å². The van der Waals surface area contributed by atoms with Crippen LogP contribution in [0.25, 0.3) is 0 Å². The number of rotatable bonds is 4. The molecule has 2 aromatic rings. The molecule has 0 aromatic heterocycles. The fourth-order valence-electron chi connectivity index (χ4n) is 1.75. The van der Waals surface area contributed by atoms with Crippen LogP contribution in [-0.2, 0) is 4.79 Å². The molecule has 0 aliphatic rings. The zero-order chi connectivity index (χ0) is 16.1. The predicted molar refractivity (Wildman–Crippen MR) is 88.5 cm³/mol. The van der Waals surface area contributed by atoms with Gasteiger partial charge in [0.15, 0.2) is 0 Å². The molecule has 0 atom stereocenters. The molecule has 2 aromatic carbocycles. The molecule has 5 nitrogen and oxygen atoms in total. The summed E-state index contributed by atoms with van der Waals surface area (Å²) < 4.78 is 0. The van der Waals surface area contributed by atoms with Crippen molar-refractivity contribution in [2.24, 2.45) is 5.73 Å². The first-order chi connectivity index (χ1) is 10.5. The Morgan fingerprint density at radius 1 is 1.00 bits per heavy atom. The highest BCUT2D eigenvalue weighted by atomic mass is 35.5. The predicted octanol–water partition coefficient (Wildman–Crippen LogP) is 3.14. The maximum Gasteiger partial charge on any atom is 0.257 e. The Morgan fingerprint density at radius 3 is 2.41 bits per heavy atom. The van der Waals surface area contributed by atoms with Crippen molar-refractivity contribution in [1.29, 1.82) is 0 Å². The molecule has 0 radical (unpaired) electrons. The Hall–Kier alpha value is -2.08. The van der Waals surface area contributed by atoms with E-state index in [2.05, 4.69) is 10.6 Å². The van der Waals surface area contributed by atoms with Crippen molar-refractivity contribution >= 4 is 46.4 Å². The van der Waals surface area contributed by atoms with E-state index in [0.717, 1.165) is 0 Å². The number of nitrogens with two attached hydrogens (primary N) is 1. The van der Waals surface area contributed by atoms with Crippen LogP contribution in [-0.4, -0.2) is 18.4 Å². The van der Waals surface area contributed by atoms with Crippen LogP contribution >= 0.6 is 23.2 Å². The van der Waals surface area contributed by atoms with Gasteiger partial charge in [0.2, 0.25) is 5.91 Å². The molecule has 114 valence electrons. The standard InChI is InChI=1S/C15H13Cl2N3O2/c16-11-4-2-1-3-10(11)15(22)20-13-7-9(5-6-12(13)17)19-14(21)8-18/h1-7H,8,18H2,(H,19,21)(H,20,22). The van der Waals surface area contributed by atoms with Crippen molar-refractivity contribution < 1.29 is 9.59 Å². The zero-order valence-corrected chi connectivity index (χ0v) is 12.9. The van der Waals surface area contributed by atoms with Crippen LogP contribution in [0.1, 0.15) is 10.4 Å². The minimum atomic E-state index is -0.394. The van der Waals surface area contributed by atoms with Crippen molar-refractivity contribution in [3.63, 3.8) is 0 Å². The van der Waals surface area contributed by atoms with E-state index in [1.807, 2.05) is 0 Å². The maximum atomic E-state index is 12.2. The second-order valence-electron chi connectivity index (χ2n) is 4.38. The highest BCUT2D eigenvalue weighted by Crippen LogP contribution is 2.27. The Kier molecular flexibility index (Phi) is 5.38. The average Bonchev–Trinajstić information content (AvgIpc) is 2.50. The molecule has 0 spiro atoms. The molecular formula is C15H13Cl2N3O2. The Balaban J connectivity index is 2.22. The zero-order valence-electron chi connectivity index (χ0n) is 11.4. The van der Waals surface area contributed by atoms with E-state index in [1.54, 1.807) is 42.5 Å². The van der Waals surface area contributed by atoms with Crippen molar-refractivity contribution in [1.82, 2.24) is 0 Å². The van der Waals surface area contributed by atoms with E-state index in [9.17, 15) is 9.59 Å². The normalized spacial score (nSPS) is 10.1. The van der Waals surface area contributed by atoms with Crippen LogP contribution in [0.5, 0.6) is 0 Å². The summed E-state index contributed by atoms with van der Waals surface area (Å²) in [6, 6.07) is 11.4. The molecule has 0 saturated carbocycles. The number of nitrogens with one attached hydrogen (secondary N) is 2. The fraction of sp³-hybridized carbons (Fsp3) is 0.0667. The number of carbonyl (C=O) groups excluding carboxylic acids is 2. The van der Waals surface area contributed by atoms with Crippen molar-refractivity contribution in [3.05, 3.63) is 58.1 Å². The second kappa shape index (κ2) is 7.26. The van der Waals surface area contributed by atoms with Gasteiger partial charge in [-0.15, -0.1) is 0 Å². The van der Waals surface area contributed by atoms with E-state index >= 15 is 0 Å². The van der Waals surface area contributed by atoms with Gasteiger partial charge in [-0.3, -0.25) is 9.59 Å². The van der Waals surface area contributed by atoms with E-state index < -0.39 is 5.91 Å². The third-order valence-electron chi connectivity index (χ3n) is 2.80. The first-order valence-corrected chi connectivity index (χ1v) is 7.12. The molecule has 0 bridgehead atoms. The third kappa shape index (κ3) is 3.98. The Bertz CT molecular complexity index is 720. The van der Waals surface area contributed by atoms with E-state index in [4.69, 9.17) is 28.9 Å². The highest BCUT2D eigenvalue weighted by molar-refractivity contribution is 6.36. The van der Waals surface area contributed by atoms with Gasteiger partial charge in [0.25, 0.3) is 5.91 Å². The fourth-order valence-corrected chi connectivity index (χ4v) is 2.13. The first-order valence-electron chi connectivity index (χ1n) is 6.36. The van der Waals surface area contributed by atoms with Crippen LogP contribution in [0.4, 0.5) is 11.4 Å². The summed E-state index contributed by atoms with van der Waals surface area (Å²) in [4.78, 5) is 23.5. The van der Waals surface area contributed by atoms with E-state index in [0.29, 0.717) is 27.0 Å². The minimum absolute atomic E-state index is 0.135. The van der Waals surface area contributed by atoms with Gasteiger partial charge in [0.05, 0.1) is 27.8 Å². The smallest absolute Gasteiger partial charge is 0.257 e. The molecule has 0 unspecified atom stereocenters. The minimum Gasteiger partial charge on any atom is -0.325 e. The largest absolute Gasteiger partial charge is 0.325 e. The topological polar surface area (TPSA) is 84.2 Å². The van der Waals surface area contributed by atoms with Crippen LogP contribution in [0.15, 0.2) is 42.5 Å². The summed E-state index contributed by atoms with van der Waals surface area (Å²) in [6.45, 7) is -0.135. The van der Waals surface area contributed by atoms with E-state index in [-0.39, 0.29) is 12.5 Å². The average molecular weight is 338 g/mol. The van der Waals surface area contributed by atoms with Crippen molar-refractivity contribution in [2.75, 3.05) is 17.2 Å². The number of hydrogen-bond acceptors (Lipinski definition) is 3. The summed E-state index contributed by atoms with van der Waals surface area (Å²) in [7, 11) is 0. The van der Waals surface area contributed by atoms with Gasteiger partial charge in [0, 0.05) is 5.69 Å². The van der Waals surface area contributed by atoms with Crippen LogP contribution in [0.2, 0.25) is 10.0 Å². The number of carbonyl (C=O) groups is 2. The molecular weight excluding hydrogens is 325 g/mol. The number of halogens is 2. The van der Waals surface area contributed by atoms with Crippen LogP contribution < -0.4 is 16.4 Å². The lowest BCUT2D eigenvalue weighted by Gasteiger charge is -2.11. The summed E-state index contributed by atoms with van der Waals surface area (Å²) >= 11 is 12.0. The van der Waals surface area contributed by atoms with Gasteiger partial charge in [-0.2, -0.15) is 0 Å². The van der Waals surface area contributed by atoms with Gasteiger partial charge in [-0.05, 0) is 30.3 Å². The van der Waals surface area contributed by atoms with Crippen LogP contribution in [0.3, 0.4) is 0 Å². The third-order valence-corrected chi connectivity index (χ3v) is 3.46.